The number of pyridine rings is 1. The van der Waals surface area contributed by atoms with Crippen LogP contribution in [-0.2, 0) is 32.1 Å². The predicted octanol–water partition coefficient (Wildman–Crippen LogP) is 2.26. The van der Waals surface area contributed by atoms with Gasteiger partial charge in [-0.25, -0.2) is 12.4 Å². The van der Waals surface area contributed by atoms with Crippen molar-refractivity contribution in [2.75, 3.05) is 6.61 Å². The maximum Gasteiger partial charge on any atom is 0.496 e. The van der Waals surface area contributed by atoms with Crippen molar-refractivity contribution < 1.29 is 17.7 Å². The highest BCUT2D eigenvalue weighted by Gasteiger charge is 2.47. The molecule has 1 saturated heterocycles. The Hall–Kier alpha value is -2.36. The van der Waals surface area contributed by atoms with E-state index in [-0.39, 0.29) is 16.7 Å². The van der Waals surface area contributed by atoms with Crippen LogP contribution in [0.25, 0.3) is 10.9 Å². The fourth-order valence-corrected chi connectivity index (χ4v) is 5.16. The number of hydrogen-bond donors (Lipinski definition) is 0. The second kappa shape index (κ2) is 7.36. The molecule has 0 amide bonds. The quantitative estimate of drug-likeness (QED) is 0.580. The van der Waals surface area contributed by atoms with Gasteiger partial charge in [0, 0.05) is 42.3 Å². The van der Waals surface area contributed by atoms with Crippen LogP contribution in [0.3, 0.4) is 0 Å². The first-order chi connectivity index (χ1) is 14.4. The van der Waals surface area contributed by atoms with Gasteiger partial charge in [0.05, 0.1) is 11.4 Å². The number of rotatable bonds is 4. The Kier molecular flexibility index (Phi) is 5.19. The van der Waals surface area contributed by atoms with Crippen LogP contribution in [-0.4, -0.2) is 36.3 Å². The van der Waals surface area contributed by atoms with E-state index in [9.17, 15) is 13.2 Å². The minimum absolute atomic E-state index is 0.103. The molecule has 3 aromatic rings. The zero-order valence-corrected chi connectivity index (χ0v) is 19.3. The Labute approximate surface area is 182 Å². The van der Waals surface area contributed by atoms with E-state index in [0.29, 0.717) is 23.0 Å². The maximum atomic E-state index is 13.2. The standard InChI is InChI=1S/C22H27BN2O5S/c1-21(2)15-29-23(30-22(21,3)4)18-13-24(5)20(26)19-17(18)11-12-25(19)31(27,28)14-16-9-7-6-8-10-16/h6-13H,14-15H2,1-5H3. The molecule has 0 unspecified atom stereocenters. The van der Waals surface area contributed by atoms with Crippen molar-refractivity contribution in [3.8, 4) is 0 Å². The third-order valence-corrected chi connectivity index (χ3v) is 7.99. The summed E-state index contributed by atoms with van der Waals surface area (Å²) in [6.45, 7) is 8.65. The lowest BCUT2D eigenvalue weighted by Crippen LogP contribution is -2.58. The number of benzene rings is 1. The van der Waals surface area contributed by atoms with Gasteiger partial charge in [0.15, 0.2) is 0 Å². The molecule has 164 valence electrons. The van der Waals surface area contributed by atoms with Gasteiger partial charge in [-0.1, -0.05) is 44.2 Å². The van der Waals surface area contributed by atoms with Crippen molar-refractivity contribution in [2.45, 2.75) is 39.0 Å². The number of aryl methyl sites for hydroxylation is 1. The second-order valence-corrected chi connectivity index (χ2v) is 11.1. The summed E-state index contributed by atoms with van der Waals surface area (Å²) in [6, 6.07) is 10.6. The van der Waals surface area contributed by atoms with Crippen molar-refractivity contribution >= 4 is 33.5 Å². The molecule has 3 heterocycles. The molecule has 0 N–H and O–H groups in total. The summed E-state index contributed by atoms with van der Waals surface area (Å²) in [4.78, 5) is 13.0. The second-order valence-electron chi connectivity index (χ2n) is 9.27. The highest BCUT2D eigenvalue weighted by atomic mass is 32.2. The van der Waals surface area contributed by atoms with E-state index < -0.39 is 28.3 Å². The first-order valence-electron chi connectivity index (χ1n) is 10.2. The zero-order chi connectivity index (χ0) is 22.6. The van der Waals surface area contributed by atoms with Crippen molar-refractivity contribution in [3.05, 3.63) is 64.7 Å². The van der Waals surface area contributed by atoms with E-state index in [1.165, 1.54) is 10.8 Å². The smallest absolute Gasteiger partial charge is 0.407 e. The maximum absolute atomic E-state index is 13.2. The van der Waals surface area contributed by atoms with Crippen LogP contribution in [0, 0.1) is 5.41 Å². The SMILES string of the molecule is Cn1cc(B2OCC(C)(C)C(C)(C)O2)c2ccn(S(=O)(=O)Cc3ccccc3)c2c1=O. The van der Waals surface area contributed by atoms with E-state index in [2.05, 4.69) is 13.8 Å². The Balaban J connectivity index is 1.82. The molecule has 0 atom stereocenters. The molecule has 4 rings (SSSR count). The Morgan fingerprint density at radius 1 is 1.10 bits per heavy atom. The van der Waals surface area contributed by atoms with Gasteiger partial charge in [-0.05, 0) is 25.5 Å². The molecule has 1 aliphatic rings. The molecule has 9 heteroatoms. The average Bonchev–Trinajstić information content (AvgIpc) is 3.14. The third kappa shape index (κ3) is 3.75. The summed E-state index contributed by atoms with van der Waals surface area (Å²) in [5, 5.41) is 0.514. The van der Waals surface area contributed by atoms with E-state index in [1.54, 1.807) is 43.6 Å². The van der Waals surface area contributed by atoms with Gasteiger partial charge in [-0.2, -0.15) is 0 Å². The van der Waals surface area contributed by atoms with Crippen molar-refractivity contribution in [3.63, 3.8) is 0 Å². The van der Waals surface area contributed by atoms with Crippen LogP contribution < -0.4 is 11.0 Å². The molecule has 1 fully saturated rings. The highest BCUT2D eigenvalue weighted by Crippen LogP contribution is 2.38. The van der Waals surface area contributed by atoms with E-state index in [0.717, 1.165) is 3.97 Å². The molecular weight excluding hydrogens is 415 g/mol. The molecule has 7 nitrogen and oxygen atoms in total. The summed E-state index contributed by atoms with van der Waals surface area (Å²) in [7, 11) is -2.91. The van der Waals surface area contributed by atoms with Crippen LogP contribution in [0.5, 0.6) is 0 Å². The summed E-state index contributed by atoms with van der Waals surface area (Å²) in [6.07, 6.45) is 3.10. The van der Waals surface area contributed by atoms with Crippen LogP contribution in [0.2, 0.25) is 0 Å². The molecule has 0 saturated carbocycles. The number of nitrogens with zero attached hydrogens (tertiary/aromatic N) is 2. The van der Waals surface area contributed by atoms with Crippen molar-refractivity contribution in [2.24, 2.45) is 12.5 Å². The lowest BCUT2D eigenvalue weighted by atomic mass is 9.69. The summed E-state index contributed by atoms with van der Waals surface area (Å²) >= 11 is 0. The van der Waals surface area contributed by atoms with E-state index in [1.807, 2.05) is 19.9 Å². The first-order valence-corrected chi connectivity index (χ1v) is 11.8. The Morgan fingerprint density at radius 3 is 2.42 bits per heavy atom. The van der Waals surface area contributed by atoms with Gasteiger partial charge in [-0.3, -0.25) is 4.79 Å². The van der Waals surface area contributed by atoms with Crippen molar-refractivity contribution in [1.29, 1.82) is 0 Å². The first kappa shape index (κ1) is 21.9. The highest BCUT2D eigenvalue weighted by molar-refractivity contribution is 7.89. The van der Waals surface area contributed by atoms with Crippen LogP contribution >= 0.6 is 0 Å². The Morgan fingerprint density at radius 2 is 1.77 bits per heavy atom. The topological polar surface area (TPSA) is 79.5 Å². The Bertz CT molecular complexity index is 1290. The molecule has 31 heavy (non-hydrogen) atoms. The monoisotopic (exact) mass is 442 g/mol. The number of fused-ring (bicyclic) bond motifs is 1. The summed E-state index contributed by atoms with van der Waals surface area (Å²) < 4.78 is 41.1. The van der Waals surface area contributed by atoms with Crippen molar-refractivity contribution in [1.82, 2.24) is 8.54 Å². The van der Waals surface area contributed by atoms with Gasteiger partial charge in [0.25, 0.3) is 5.56 Å². The van der Waals surface area contributed by atoms with Crippen LogP contribution in [0.1, 0.15) is 33.3 Å². The van der Waals surface area contributed by atoms with Gasteiger partial charge in [-0.15, -0.1) is 0 Å². The predicted molar refractivity (Wildman–Crippen MR) is 122 cm³/mol. The van der Waals surface area contributed by atoms with Gasteiger partial charge in [0.2, 0.25) is 10.0 Å². The minimum atomic E-state index is -3.80. The van der Waals surface area contributed by atoms with Gasteiger partial charge < -0.3 is 13.9 Å². The fourth-order valence-electron chi connectivity index (χ4n) is 3.71. The van der Waals surface area contributed by atoms with E-state index >= 15 is 0 Å². The lowest BCUT2D eigenvalue weighted by Gasteiger charge is -2.47. The van der Waals surface area contributed by atoms with Crippen LogP contribution in [0.4, 0.5) is 0 Å². The molecular formula is C22H27BN2O5S. The lowest BCUT2D eigenvalue weighted by molar-refractivity contribution is -0.0936. The normalized spacial score (nSPS) is 18.4. The summed E-state index contributed by atoms with van der Waals surface area (Å²) in [5.41, 5.74) is 0.323. The average molecular weight is 442 g/mol. The molecule has 0 bridgehead atoms. The molecule has 1 aliphatic heterocycles. The number of aromatic nitrogens is 2. The van der Waals surface area contributed by atoms with Gasteiger partial charge in [0.1, 0.15) is 5.52 Å². The zero-order valence-electron chi connectivity index (χ0n) is 18.5. The summed E-state index contributed by atoms with van der Waals surface area (Å²) in [5.74, 6) is -0.206. The van der Waals surface area contributed by atoms with Gasteiger partial charge >= 0.3 is 7.12 Å². The largest absolute Gasteiger partial charge is 0.496 e. The molecule has 0 radical (unpaired) electrons. The minimum Gasteiger partial charge on any atom is -0.407 e. The van der Waals surface area contributed by atoms with Crippen LogP contribution in [0.15, 0.2) is 53.6 Å². The molecule has 0 aliphatic carbocycles. The molecule has 1 aromatic carbocycles. The molecule has 2 aromatic heterocycles. The van der Waals surface area contributed by atoms with E-state index in [4.69, 9.17) is 9.31 Å². The fraction of sp³-hybridized carbons (Fsp3) is 0.409. The molecule has 0 spiro atoms. The third-order valence-electron chi connectivity index (χ3n) is 6.39. The number of hydrogen-bond acceptors (Lipinski definition) is 5.